The van der Waals surface area contributed by atoms with Gasteiger partial charge in [-0.1, -0.05) is 6.42 Å². The molecule has 6 heteroatoms. The van der Waals surface area contributed by atoms with Gasteiger partial charge in [0, 0.05) is 12.1 Å². The molecule has 1 fully saturated rings. The third-order valence-corrected chi connectivity index (χ3v) is 3.54. The standard InChI is InChI=1S/C11H15N5O/c1-7(8-3-2-4-8)13-9-5-10-14-15-11(17)16(10)6-12-9/h5-8,13H,2-4H2,1H3,(H,15,17). The molecule has 6 nitrogen and oxygen atoms in total. The highest BCUT2D eigenvalue weighted by Crippen LogP contribution is 2.30. The highest BCUT2D eigenvalue weighted by Gasteiger charge is 2.23. The Hall–Kier alpha value is -1.85. The van der Waals surface area contributed by atoms with Crippen molar-refractivity contribution < 1.29 is 0 Å². The summed E-state index contributed by atoms with van der Waals surface area (Å²) in [5.74, 6) is 1.52. The first-order chi connectivity index (χ1) is 8.24. The van der Waals surface area contributed by atoms with Crippen LogP contribution in [0.2, 0.25) is 0 Å². The van der Waals surface area contributed by atoms with Crippen molar-refractivity contribution >= 4 is 11.5 Å². The van der Waals surface area contributed by atoms with Crippen LogP contribution in [-0.2, 0) is 0 Å². The first-order valence-electron chi connectivity index (χ1n) is 5.93. The molecule has 0 bridgehead atoms. The van der Waals surface area contributed by atoms with Crippen LogP contribution in [0.1, 0.15) is 26.2 Å². The van der Waals surface area contributed by atoms with Gasteiger partial charge in [0.05, 0.1) is 0 Å². The molecule has 2 aromatic heterocycles. The van der Waals surface area contributed by atoms with Gasteiger partial charge in [-0.15, -0.1) is 0 Å². The fourth-order valence-electron chi connectivity index (χ4n) is 2.18. The second-order valence-corrected chi connectivity index (χ2v) is 4.66. The van der Waals surface area contributed by atoms with Crippen LogP contribution in [0, 0.1) is 5.92 Å². The fourth-order valence-corrected chi connectivity index (χ4v) is 2.18. The first kappa shape index (κ1) is 10.3. The Morgan fingerprint density at radius 2 is 2.41 bits per heavy atom. The number of aromatic amines is 1. The summed E-state index contributed by atoms with van der Waals surface area (Å²) in [6.07, 6.45) is 5.41. The Labute approximate surface area is 98.1 Å². The van der Waals surface area contributed by atoms with E-state index in [2.05, 4.69) is 27.4 Å². The second kappa shape index (κ2) is 3.87. The summed E-state index contributed by atoms with van der Waals surface area (Å²) < 4.78 is 1.39. The monoisotopic (exact) mass is 233 g/mol. The third-order valence-electron chi connectivity index (χ3n) is 3.54. The van der Waals surface area contributed by atoms with Crippen molar-refractivity contribution in [3.8, 4) is 0 Å². The van der Waals surface area contributed by atoms with Gasteiger partial charge in [0.2, 0.25) is 0 Å². The highest BCUT2D eigenvalue weighted by atomic mass is 16.1. The van der Waals surface area contributed by atoms with E-state index in [0.717, 1.165) is 11.7 Å². The number of aromatic nitrogens is 4. The molecule has 1 saturated carbocycles. The van der Waals surface area contributed by atoms with E-state index < -0.39 is 0 Å². The number of fused-ring (bicyclic) bond motifs is 1. The Balaban J connectivity index is 1.82. The molecule has 3 rings (SSSR count). The third kappa shape index (κ3) is 1.79. The zero-order chi connectivity index (χ0) is 11.8. The Bertz CT molecular complexity index is 583. The van der Waals surface area contributed by atoms with Crippen molar-refractivity contribution in [2.45, 2.75) is 32.2 Å². The van der Waals surface area contributed by atoms with Gasteiger partial charge in [0.15, 0.2) is 5.65 Å². The maximum absolute atomic E-state index is 11.3. The molecule has 0 saturated heterocycles. The molecule has 90 valence electrons. The van der Waals surface area contributed by atoms with Gasteiger partial charge in [-0.2, -0.15) is 5.10 Å². The first-order valence-corrected chi connectivity index (χ1v) is 5.93. The van der Waals surface area contributed by atoms with Crippen LogP contribution in [-0.4, -0.2) is 25.6 Å². The number of nitrogens with zero attached hydrogens (tertiary/aromatic N) is 3. The quantitative estimate of drug-likeness (QED) is 0.830. The van der Waals surface area contributed by atoms with E-state index in [0.29, 0.717) is 11.7 Å². The van der Waals surface area contributed by atoms with Gasteiger partial charge in [-0.3, -0.25) is 0 Å². The van der Waals surface area contributed by atoms with Crippen molar-refractivity contribution in [2.24, 2.45) is 5.92 Å². The Kier molecular flexibility index (Phi) is 2.35. The fraction of sp³-hybridized carbons (Fsp3) is 0.545. The lowest BCUT2D eigenvalue weighted by Crippen LogP contribution is -2.31. The zero-order valence-corrected chi connectivity index (χ0v) is 9.68. The molecule has 2 N–H and O–H groups in total. The van der Waals surface area contributed by atoms with Crippen LogP contribution >= 0.6 is 0 Å². The number of hydrogen-bond donors (Lipinski definition) is 2. The van der Waals surface area contributed by atoms with Crippen molar-refractivity contribution in [1.82, 2.24) is 19.6 Å². The average Bonchev–Trinajstić information content (AvgIpc) is 2.57. The van der Waals surface area contributed by atoms with Gasteiger partial charge < -0.3 is 5.32 Å². The van der Waals surface area contributed by atoms with Crippen LogP contribution < -0.4 is 11.0 Å². The summed E-state index contributed by atoms with van der Waals surface area (Å²) in [5.41, 5.74) is 0.333. The van der Waals surface area contributed by atoms with E-state index >= 15 is 0 Å². The molecule has 0 aliphatic heterocycles. The lowest BCUT2D eigenvalue weighted by atomic mass is 9.80. The molecular weight excluding hydrogens is 218 g/mol. The second-order valence-electron chi connectivity index (χ2n) is 4.66. The minimum atomic E-state index is -0.258. The van der Waals surface area contributed by atoms with Crippen molar-refractivity contribution in [2.75, 3.05) is 5.32 Å². The molecule has 1 aliphatic carbocycles. The summed E-state index contributed by atoms with van der Waals surface area (Å²) in [6, 6.07) is 2.21. The number of H-pyrrole nitrogens is 1. The maximum atomic E-state index is 11.3. The SMILES string of the molecule is CC(Nc1cc2n[nH]c(=O)n2cn1)C1CCC1. The maximum Gasteiger partial charge on any atom is 0.348 e. The zero-order valence-electron chi connectivity index (χ0n) is 9.68. The molecule has 0 aromatic carbocycles. The minimum absolute atomic E-state index is 0.258. The van der Waals surface area contributed by atoms with E-state index in [4.69, 9.17) is 0 Å². The molecular formula is C11H15N5O. The molecule has 1 aliphatic rings. The summed E-state index contributed by atoms with van der Waals surface area (Å²) in [4.78, 5) is 15.5. The smallest absolute Gasteiger partial charge is 0.348 e. The van der Waals surface area contributed by atoms with Gasteiger partial charge in [0.1, 0.15) is 12.1 Å². The van der Waals surface area contributed by atoms with E-state index in [1.54, 1.807) is 6.07 Å². The number of rotatable bonds is 3. The number of anilines is 1. The Morgan fingerprint density at radius 1 is 1.59 bits per heavy atom. The molecule has 17 heavy (non-hydrogen) atoms. The van der Waals surface area contributed by atoms with E-state index in [1.807, 2.05) is 0 Å². The topological polar surface area (TPSA) is 75.1 Å². The molecule has 0 spiro atoms. The summed E-state index contributed by atoms with van der Waals surface area (Å²) >= 11 is 0. The molecule has 0 amide bonds. The summed E-state index contributed by atoms with van der Waals surface area (Å²) in [5, 5.41) is 9.67. The van der Waals surface area contributed by atoms with E-state index in [9.17, 15) is 4.79 Å². The number of hydrogen-bond acceptors (Lipinski definition) is 4. The normalized spacial score (nSPS) is 17.9. The van der Waals surface area contributed by atoms with Crippen LogP contribution in [0.25, 0.3) is 5.65 Å². The largest absolute Gasteiger partial charge is 0.367 e. The van der Waals surface area contributed by atoms with Crippen molar-refractivity contribution in [1.29, 1.82) is 0 Å². The van der Waals surface area contributed by atoms with Crippen LogP contribution in [0.5, 0.6) is 0 Å². The Morgan fingerprint density at radius 3 is 3.12 bits per heavy atom. The minimum Gasteiger partial charge on any atom is -0.367 e. The predicted molar refractivity (Wildman–Crippen MR) is 64.0 cm³/mol. The van der Waals surface area contributed by atoms with Gasteiger partial charge in [-0.05, 0) is 25.7 Å². The van der Waals surface area contributed by atoms with Crippen molar-refractivity contribution in [3.63, 3.8) is 0 Å². The highest BCUT2D eigenvalue weighted by molar-refractivity contribution is 5.48. The average molecular weight is 233 g/mol. The van der Waals surface area contributed by atoms with Crippen LogP contribution in [0.4, 0.5) is 5.82 Å². The predicted octanol–water partition coefficient (Wildman–Crippen LogP) is 1.02. The summed E-state index contributed by atoms with van der Waals surface area (Å²) in [6.45, 7) is 2.17. The van der Waals surface area contributed by atoms with E-state index in [-0.39, 0.29) is 5.69 Å². The van der Waals surface area contributed by atoms with Gasteiger partial charge in [0.25, 0.3) is 0 Å². The van der Waals surface area contributed by atoms with Gasteiger partial charge >= 0.3 is 5.69 Å². The van der Waals surface area contributed by atoms with Crippen molar-refractivity contribution in [3.05, 3.63) is 22.9 Å². The molecule has 2 aromatic rings. The molecule has 1 unspecified atom stereocenters. The van der Waals surface area contributed by atoms with Crippen LogP contribution in [0.15, 0.2) is 17.2 Å². The van der Waals surface area contributed by atoms with Crippen LogP contribution in [0.3, 0.4) is 0 Å². The molecule has 0 radical (unpaired) electrons. The molecule has 2 heterocycles. The summed E-state index contributed by atoms with van der Waals surface area (Å²) in [7, 11) is 0. The van der Waals surface area contributed by atoms with Gasteiger partial charge in [-0.25, -0.2) is 19.3 Å². The molecule has 1 atom stereocenters. The van der Waals surface area contributed by atoms with E-state index in [1.165, 1.54) is 30.0 Å². The lowest BCUT2D eigenvalue weighted by molar-refractivity contribution is 0.285. The lowest BCUT2D eigenvalue weighted by Gasteiger charge is -2.32. The number of nitrogens with one attached hydrogen (secondary N) is 2.